The molecule has 0 radical (unpaired) electrons. The van der Waals surface area contributed by atoms with Crippen LogP contribution in [0.2, 0.25) is 0 Å². The fourth-order valence-corrected chi connectivity index (χ4v) is 5.22. The molecule has 0 fully saturated rings. The molecule has 196 valence electrons. The summed E-state index contributed by atoms with van der Waals surface area (Å²) in [6, 6.07) is 17.1. The number of rotatable bonds is 10. The highest BCUT2D eigenvalue weighted by Crippen LogP contribution is 2.26. The summed E-state index contributed by atoms with van der Waals surface area (Å²) in [5, 5.41) is 2.54. The van der Waals surface area contributed by atoms with Gasteiger partial charge < -0.3 is 15.0 Å². The molecule has 37 heavy (non-hydrogen) atoms. The maximum absolute atomic E-state index is 13.7. The standard InChI is InChI=1S/C27H30FN3O5S/c1-19-6-5-7-21(16-19)17-30(20(2)27(33)29-3)26(32)18-31(23-10-8-22(28)9-11-23)37(34,35)25-14-12-24(36-4)13-15-25/h5-16,20H,17-18H2,1-4H3,(H,29,33)/t20-/m0/s1. The van der Waals surface area contributed by atoms with Gasteiger partial charge in [0.05, 0.1) is 17.7 Å². The highest BCUT2D eigenvalue weighted by Gasteiger charge is 2.32. The van der Waals surface area contributed by atoms with Gasteiger partial charge in [0.1, 0.15) is 24.2 Å². The number of benzene rings is 3. The number of amides is 2. The lowest BCUT2D eigenvalue weighted by Crippen LogP contribution is -2.50. The van der Waals surface area contributed by atoms with E-state index in [1.807, 2.05) is 31.2 Å². The van der Waals surface area contributed by atoms with Crippen molar-refractivity contribution in [3.63, 3.8) is 0 Å². The van der Waals surface area contributed by atoms with Crippen LogP contribution in [-0.2, 0) is 26.2 Å². The van der Waals surface area contributed by atoms with Crippen molar-refractivity contribution in [3.8, 4) is 5.75 Å². The number of carbonyl (C=O) groups is 2. The highest BCUT2D eigenvalue weighted by molar-refractivity contribution is 7.92. The molecule has 3 aromatic rings. The van der Waals surface area contributed by atoms with Crippen LogP contribution in [0.15, 0.2) is 77.7 Å². The van der Waals surface area contributed by atoms with Gasteiger partial charge in [0.2, 0.25) is 11.8 Å². The fraction of sp³-hybridized carbons (Fsp3) is 0.259. The lowest BCUT2D eigenvalue weighted by atomic mass is 10.1. The summed E-state index contributed by atoms with van der Waals surface area (Å²) in [6.07, 6.45) is 0. The number of anilines is 1. The molecule has 0 aliphatic rings. The molecule has 1 atom stereocenters. The molecule has 3 aromatic carbocycles. The number of methoxy groups -OCH3 is 1. The number of carbonyl (C=O) groups excluding carboxylic acids is 2. The summed E-state index contributed by atoms with van der Waals surface area (Å²) in [5.74, 6) is -1.08. The second-order valence-corrected chi connectivity index (χ2v) is 10.3. The summed E-state index contributed by atoms with van der Waals surface area (Å²) in [5.41, 5.74) is 1.87. The smallest absolute Gasteiger partial charge is 0.264 e. The first-order valence-corrected chi connectivity index (χ1v) is 13.0. The molecule has 2 amide bonds. The molecule has 0 aromatic heterocycles. The summed E-state index contributed by atoms with van der Waals surface area (Å²) in [4.78, 5) is 27.4. The van der Waals surface area contributed by atoms with E-state index < -0.39 is 40.2 Å². The van der Waals surface area contributed by atoms with Crippen molar-refractivity contribution in [2.45, 2.75) is 31.3 Å². The fourth-order valence-electron chi connectivity index (χ4n) is 3.81. The first-order chi connectivity index (χ1) is 17.6. The first kappa shape index (κ1) is 27.7. The highest BCUT2D eigenvalue weighted by atomic mass is 32.2. The van der Waals surface area contributed by atoms with Gasteiger partial charge in [-0.25, -0.2) is 12.8 Å². The van der Waals surface area contributed by atoms with Crippen LogP contribution in [0.3, 0.4) is 0 Å². The molecule has 10 heteroatoms. The van der Waals surface area contributed by atoms with Gasteiger partial charge >= 0.3 is 0 Å². The molecule has 1 N–H and O–H groups in total. The van der Waals surface area contributed by atoms with Gasteiger partial charge in [-0.1, -0.05) is 29.8 Å². The third kappa shape index (κ3) is 6.65. The van der Waals surface area contributed by atoms with E-state index in [2.05, 4.69) is 5.32 Å². The predicted molar refractivity (Wildman–Crippen MR) is 139 cm³/mol. The van der Waals surface area contributed by atoms with Crippen LogP contribution in [0.5, 0.6) is 5.75 Å². The van der Waals surface area contributed by atoms with Crippen molar-refractivity contribution >= 4 is 27.5 Å². The van der Waals surface area contributed by atoms with Crippen LogP contribution in [0, 0.1) is 12.7 Å². The van der Waals surface area contributed by atoms with Gasteiger partial charge in [0.25, 0.3) is 10.0 Å². The first-order valence-electron chi connectivity index (χ1n) is 11.6. The van der Waals surface area contributed by atoms with Crippen molar-refractivity contribution in [3.05, 3.63) is 89.7 Å². The summed E-state index contributed by atoms with van der Waals surface area (Å²) in [6.45, 7) is 2.98. The van der Waals surface area contributed by atoms with Crippen LogP contribution in [-0.4, -0.2) is 51.9 Å². The van der Waals surface area contributed by atoms with Crippen molar-refractivity contribution < 1.29 is 27.1 Å². The van der Waals surface area contributed by atoms with Crippen LogP contribution in [0.1, 0.15) is 18.1 Å². The Morgan fingerprint density at radius 3 is 2.24 bits per heavy atom. The summed E-state index contributed by atoms with van der Waals surface area (Å²) in [7, 11) is -1.32. The second-order valence-electron chi connectivity index (χ2n) is 8.46. The Bertz CT molecular complexity index is 1350. The Hall–Kier alpha value is -3.92. The minimum Gasteiger partial charge on any atom is -0.497 e. The van der Waals surface area contributed by atoms with Crippen LogP contribution in [0.25, 0.3) is 0 Å². The van der Waals surface area contributed by atoms with E-state index in [1.54, 1.807) is 6.92 Å². The number of sulfonamides is 1. The third-order valence-corrected chi connectivity index (χ3v) is 7.68. The number of hydrogen-bond acceptors (Lipinski definition) is 5. The number of ether oxygens (including phenoxy) is 1. The summed E-state index contributed by atoms with van der Waals surface area (Å²) < 4.78 is 47.0. The number of nitrogens with zero attached hydrogens (tertiary/aromatic N) is 2. The minimum absolute atomic E-state index is 0.0741. The SMILES string of the molecule is CNC(=O)[C@H](C)N(Cc1cccc(C)c1)C(=O)CN(c1ccc(F)cc1)S(=O)(=O)c1ccc(OC)cc1. The van der Waals surface area contributed by atoms with Crippen LogP contribution < -0.4 is 14.4 Å². The number of hydrogen-bond donors (Lipinski definition) is 1. The molecule has 0 unspecified atom stereocenters. The number of halogens is 1. The van der Waals surface area contributed by atoms with E-state index in [1.165, 1.54) is 55.5 Å². The van der Waals surface area contributed by atoms with E-state index >= 15 is 0 Å². The number of aryl methyl sites for hydroxylation is 1. The minimum atomic E-state index is -4.24. The molecule has 0 spiro atoms. The van der Waals surface area contributed by atoms with Gasteiger partial charge in [0, 0.05) is 13.6 Å². The Labute approximate surface area is 216 Å². The maximum atomic E-state index is 13.7. The molecule has 0 aliphatic carbocycles. The lowest BCUT2D eigenvalue weighted by Gasteiger charge is -2.31. The van der Waals surface area contributed by atoms with E-state index in [-0.39, 0.29) is 17.1 Å². The number of likely N-dealkylation sites (N-methyl/N-ethyl adjacent to an activating group) is 1. The topological polar surface area (TPSA) is 96.0 Å². The van der Waals surface area contributed by atoms with E-state index in [0.717, 1.165) is 27.6 Å². The second kappa shape index (κ2) is 11.9. The largest absolute Gasteiger partial charge is 0.497 e. The Morgan fingerprint density at radius 2 is 1.68 bits per heavy atom. The molecular weight excluding hydrogens is 497 g/mol. The van der Waals surface area contributed by atoms with E-state index in [9.17, 15) is 22.4 Å². The Balaban J connectivity index is 2.02. The Kier molecular flexibility index (Phi) is 8.88. The van der Waals surface area contributed by atoms with Gasteiger partial charge in [-0.2, -0.15) is 0 Å². The van der Waals surface area contributed by atoms with Gasteiger partial charge in [0.15, 0.2) is 0 Å². The Morgan fingerprint density at radius 1 is 1.03 bits per heavy atom. The number of nitrogens with one attached hydrogen (secondary N) is 1. The average Bonchev–Trinajstić information content (AvgIpc) is 2.90. The average molecular weight is 528 g/mol. The van der Waals surface area contributed by atoms with Crippen molar-refractivity contribution in [2.75, 3.05) is 25.0 Å². The van der Waals surface area contributed by atoms with E-state index in [4.69, 9.17) is 4.74 Å². The van der Waals surface area contributed by atoms with Crippen LogP contribution in [0.4, 0.5) is 10.1 Å². The van der Waals surface area contributed by atoms with E-state index in [0.29, 0.717) is 5.75 Å². The predicted octanol–water partition coefficient (Wildman–Crippen LogP) is 3.50. The lowest BCUT2D eigenvalue weighted by molar-refractivity contribution is -0.139. The molecule has 0 bridgehead atoms. The van der Waals surface area contributed by atoms with Gasteiger partial charge in [-0.15, -0.1) is 0 Å². The zero-order valence-corrected chi connectivity index (χ0v) is 22.0. The molecule has 0 saturated heterocycles. The van der Waals surface area contributed by atoms with Crippen molar-refractivity contribution in [1.29, 1.82) is 0 Å². The quantitative estimate of drug-likeness (QED) is 0.436. The molecule has 8 nitrogen and oxygen atoms in total. The zero-order valence-electron chi connectivity index (χ0n) is 21.1. The molecule has 0 saturated carbocycles. The zero-order chi connectivity index (χ0) is 27.2. The molecule has 3 rings (SSSR count). The van der Waals surface area contributed by atoms with Gasteiger partial charge in [-0.05, 0) is 67.9 Å². The molecular formula is C27H30FN3O5S. The molecule has 0 heterocycles. The van der Waals surface area contributed by atoms with Gasteiger partial charge in [-0.3, -0.25) is 13.9 Å². The maximum Gasteiger partial charge on any atom is 0.264 e. The van der Waals surface area contributed by atoms with Crippen molar-refractivity contribution in [2.24, 2.45) is 0 Å². The van der Waals surface area contributed by atoms with Crippen molar-refractivity contribution in [1.82, 2.24) is 10.2 Å². The normalized spacial score (nSPS) is 11.9. The third-order valence-electron chi connectivity index (χ3n) is 5.89. The monoisotopic (exact) mass is 527 g/mol. The molecule has 0 aliphatic heterocycles. The van der Waals surface area contributed by atoms with Crippen LogP contribution >= 0.6 is 0 Å². The summed E-state index contributed by atoms with van der Waals surface area (Å²) >= 11 is 0.